The van der Waals surface area contributed by atoms with Crippen LogP contribution in [0.2, 0.25) is 5.02 Å². The van der Waals surface area contributed by atoms with Crippen LogP contribution in [0.15, 0.2) is 18.2 Å². The maximum atomic E-state index is 12.8. The van der Waals surface area contributed by atoms with Gasteiger partial charge in [0.2, 0.25) is 0 Å². The van der Waals surface area contributed by atoms with E-state index in [-0.39, 0.29) is 22.8 Å². The quantitative estimate of drug-likeness (QED) is 0.616. The van der Waals surface area contributed by atoms with Crippen molar-refractivity contribution in [2.24, 2.45) is 5.92 Å². The summed E-state index contributed by atoms with van der Waals surface area (Å²) in [4.78, 5) is 22.9. The van der Waals surface area contributed by atoms with E-state index < -0.39 is 17.7 Å². The van der Waals surface area contributed by atoms with Crippen molar-refractivity contribution >= 4 is 23.4 Å². The van der Waals surface area contributed by atoms with Crippen molar-refractivity contribution in [3.05, 3.63) is 34.6 Å². The second kappa shape index (κ2) is 5.77. The standard InChI is InChI=1S/C12H12ClFO3/c1-7(12(16)17-2)5-11(15)9-4-3-8(14)6-10(9)13/h3-4,6-7H,5H2,1-2H3. The molecular weight excluding hydrogens is 247 g/mol. The molecule has 0 aliphatic heterocycles. The zero-order chi connectivity index (χ0) is 13.0. The molecule has 0 bridgehead atoms. The van der Waals surface area contributed by atoms with Crippen LogP contribution in [0.4, 0.5) is 4.39 Å². The molecule has 0 N–H and O–H groups in total. The number of rotatable bonds is 4. The third kappa shape index (κ3) is 3.53. The lowest BCUT2D eigenvalue weighted by Gasteiger charge is -2.08. The van der Waals surface area contributed by atoms with E-state index in [1.54, 1.807) is 6.92 Å². The Morgan fingerprint density at radius 3 is 2.65 bits per heavy atom. The molecule has 0 fully saturated rings. The molecule has 17 heavy (non-hydrogen) atoms. The van der Waals surface area contributed by atoms with Gasteiger partial charge in [-0.2, -0.15) is 0 Å². The largest absolute Gasteiger partial charge is 0.469 e. The topological polar surface area (TPSA) is 43.4 Å². The van der Waals surface area contributed by atoms with Gasteiger partial charge in [-0.3, -0.25) is 9.59 Å². The highest BCUT2D eigenvalue weighted by Gasteiger charge is 2.20. The van der Waals surface area contributed by atoms with Gasteiger partial charge in [-0.15, -0.1) is 0 Å². The van der Waals surface area contributed by atoms with E-state index in [4.69, 9.17) is 11.6 Å². The number of hydrogen-bond acceptors (Lipinski definition) is 3. The molecule has 1 rings (SSSR count). The van der Waals surface area contributed by atoms with Gasteiger partial charge in [0, 0.05) is 12.0 Å². The van der Waals surface area contributed by atoms with Gasteiger partial charge >= 0.3 is 5.97 Å². The normalized spacial score (nSPS) is 12.0. The number of benzene rings is 1. The lowest BCUT2D eigenvalue weighted by molar-refractivity contribution is -0.144. The van der Waals surface area contributed by atoms with E-state index in [2.05, 4.69) is 4.74 Å². The maximum absolute atomic E-state index is 12.8. The predicted octanol–water partition coefficient (Wildman–Crippen LogP) is 2.86. The Morgan fingerprint density at radius 1 is 1.47 bits per heavy atom. The summed E-state index contributed by atoms with van der Waals surface area (Å²) in [5.74, 6) is -1.83. The maximum Gasteiger partial charge on any atom is 0.308 e. The first-order valence-electron chi connectivity index (χ1n) is 5.01. The van der Waals surface area contributed by atoms with Gasteiger partial charge in [0.1, 0.15) is 5.82 Å². The van der Waals surface area contributed by atoms with Gasteiger partial charge in [-0.05, 0) is 18.2 Å². The molecule has 0 aliphatic carbocycles. The summed E-state index contributed by atoms with van der Waals surface area (Å²) in [6.45, 7) is 1.58. The minimum atomic E-state index is -0.548. The number of ketones is 1. The molecule has 1 aromatic rings. The molecule has 3 nitrogen and oxygen atoms in total. The van der Waals surface area contributed by atoms with E-state index in [9.17, 15) is 14.0 Å². The molecule has 0 aromatic heterocycles. The molecule has 0 spiro atoms. The van der Waals surface area contributed by atoms with Gasteiger partial charge in [-0.1, -0.05) is 18.5 Å². The molecule has 0 aliphatic rings. The molecule has 0 saturated carbocycles. The summed E-state index contributed by atoms with van der Waals surface area (Å²) in [5.41, 5.74) is 0.212. The van der Waals surface area contributed by atoms with Crippen molar-refractivity contribution in [3.8, 4) is 0 Å². The van der Waals surface area contributed by atoms with Crippen LogP contribution in [0, 0.1) is 11.7 Å². The predicted molar refractivity (Wildman–Crippen MR) is 61.5 cm³/mol. The smallest absolute Gasteiger partial charge is 0.308 e. The minimum absolute atomic E-state index is 0.0158. The van der Waals surface area contributed by atoms with Crippen LogP contribution in [0.25, 0.3) is 0 Å². The molecule has 1 aromatic carbocycles. The molecule has 0 radical (unpaired) electrons. The lowest BCUT2D eigenvalue weighted by Crippen LogP contribution is -2.17. The number of hydrogen-bond donors (Lipinski definition) is 0. The molecule has 0 heterocycles. The van der Waals surface area contributed by atoms with Crippen LogP contribution >= 0.6 is 11.6 Å². The first kappa shape index (κ1) is 13.6. The van der Waals surface area contributed by atoms with Gasteiger partial charge < -0.3 is 4.74 Å². The van der Waals surface area contributed by atoms with Crippen molar-refractivity contribution in [2.75, 3.05) is 7.11 Å². The monoisotopic (exact) mass is 258 g/mol. The summed E-state index contributed by atoms with van der Waals surface area (Å²) in [5, 5.41) is 0.0482. The third-order valence-electron chi connectivity index (χ3n) is 2.33. The van der Waals surface area contributed by atoms with Crippen LogP contribution in [0.5, 0.6) is 0 Å². The Morgan fingerprint density at radius 2 is 2.12 bits per heavy atom. The molecule has 0 saturated heterocycles. The van der Waals surface area contributed by atoms with Crippen LogP contribution in [-0.4, -0.2) is 18.9 Å². The fourth-order valence-corrected chi connectivity index (χ4v) is 1.66. The van der Waals surface area contributed by atoms with Crippen LogP contribution in [-0.2, 0) is 9.53 Å². The number of carbonyl (C=O) groups excluding carboxylic acids is 2. The summed E-state index contributed by atoms with van der Waals surface area (Å²) in [7, 11) is 1.26. The average molecular weight is 259 g/mol. The second-order valence-electron chi connectivity index (χ2n) is 3.68. The Hall–Kier alpha value is -1.42. The van der Waals surface area contributed by atoms with Crippen LogP contribution in [0.3, 0.4) is 0 Å². The van der Waals surface area contributed by atoms with Crippen LogP contribution in [0.1, 0.15) is 23.7 Å². The minimum Gasteiger partial charge on any atom is -0.469 e. The highest BCUT2D eigenvalue weighted by atomic mass is 35.5. The van der Waals surface area contributed by atoms with Crippen molar-refractivity contribution in [2.45, 2.75) is 13.3 Å². The summed E-state index contributed by atoms with van der Waals surface area (Å²) >= 11 is 5.74. The van der Waals surface area contributed by atoms with Crippen molar-refractivity contribution < 1.29 is 18.7 Å². The van der Waals surface area contributed by atoms with Crippen LogP contribution < -0.4 is 0 Å². The first-order valence-corrected chi connectivity index (χ1v) is 5.39. The molecular formula is C12H12ClFO3. The number of ether oxygens (including phenoxy) is 1. The van der Waals surface area contributed by atoms with E-state index in [1.807, 2.05) is 0 Å². The first-order chi connectivity index (χ1) is 7.95. The van der Waals surface area contributed by atoms with E-state index in [1.165, 1.54) is 13.2 Å². The number of carbonyl (C=O) groups is 2. The number of esters is 1. The highest BCUT2D eigenvalue weighted by molar-refractivity contribution is 6.34. The van der Waals surface area contributed by atoms with E-state index in [0.717, 1.165) is 12.1 Å². The lowest BCUT2D eigenvalue weighted by atomic mass is 10.00. The summed E-state index contributed by atoms with van der Waals surface area (Å²) in [6.07, 6.45) is -0.0158. The second-order valence-corrected chi connectivity index (χ2v) is 4.08. The van der Waals surface area contributed by atoms with E-state index >= 15 is 0 Å². The number of Topliss-reactive ketones (excluding diaryl/α,β-unsaturated/α-hetero) is 1. The van der Waals surface area contributed by atoms with Gasteiger partial charge in [0.15, 0.2) is 5.78 Å². The van der Waals surface area contributed by atoms with E-state index in [0.29, 0.717) is 0 Å². The molecule has 1 unspecified atom stereocenters. The molecule has 1 atom stereocenters. The Kier molecular flexibility index (Phi) is 4.63. The Balaban J connectivity index is 2.80. The number of methoxy groups -OCH3 is 1. The van der Waals surface area contributed by atoms with Crippen molar-refractivity contribution in [3.63, 3.8) is 0 Å². The zero-order valence-electron chi connectivity index (χ0n) is 9.50. The number of halogens is 2. The Bertz CT molecular complexity index is 445. The fraction of sp³-hybridized carbons (Fsp3) is 0.333. The molecule has 5 heteroatoms. The van der Waals surface area contributed by atoms with Gasteiger partial charge in [0.25, 0.3) is 0 Å². The molecule has 92 valence electrons. The van der Waals surface area contributed by atoms with Crippen molar-refractivity contribution in [1.29, 1.82) is 0 Å². The average Bonchev–Trinajstić information content (AvgIpc) is 2.27. The molecule has 0 amide bonds. The Labute approximate surface area is 104 Å². The highest BCUT2D eigenvalue weighted by Crippen LogP contribution is 2.20. The summed E-state index contributed by atoms with van der Waals surface area (Å²) < 4.78 is 17.3. The summed E-state index contributed by atoms with van der Waals surface area (Å²) in [6, 6.07) is 3.53. The van der Waals surface area contributed by atoms with Crippen molar-refractivity contribution in [1.82, 2.24) is 0 Å². The van der Waals surface area contributed by atoms with Gasteiger partial charge in [-0.25, -0.2) is 4.39 Å². The third-order valence-corrected chi connectivity index (χ3v) is 2.64. The van der Waals surface area contributed by atoms with Gasteiger partial charge in [0.05, 0.1) is 18.1 Å². The fourth-order valence-electron chi connectivity index (χ4n) is 1.39. The zero-order valence-corrected chi connectivity index (χ0v) is 10.3. The SMILES string of the molecule is COC(=O)C(C)CC(=O)c1ccc(F)cc1Cl.